The largest absolute Gasteiger partial charge is 0.480 e. The Morgan fingerprint density at radius 2 is 1.95 bits per heavy atom. The highest BCUT2D eigenvalue weighted by Crippen LogP contribution is 2.51. The first-order chi connectivity index (χ1) is 9.99. The van der Waals surface area contributed by atoms with Crippen LogP contribution in [0.5, 0.6) is 0 Å². The van der Waals surface area contributed by atoms with Crippen molar-refractivity contribution in [1.29, 1.82) is 0 Å². The van der Waals surface area contributed by atoms with Crippen molar-refractivity contribution in [2.45, 2.75) is 48.9 Å². The molecule has 0 saturated carbocycles. The normalized spacial score (nSPS) is 34.7. The molecule has 0 unspecified atom stereocenters. The zero-order valence-electron chi connectivity index (χ0n) is 12.3. The molecule has 3 atom stereocenters. The Kier molecular flexibility index (Phi) is 3.51. The van der Waals surface area contributed by atoms with Gasteiger partial charge in [0, 0.05) is 0 Å². The van der Waals surface area contributed by atoms with Crippen LogP contribution in [0.4, 0.5) is 4.39 Å². The van der Waals surface area contributed by atoms with Crippen molar-refractivity contribution < 1.29 is 32.3 Å². The summed E-state index contributed by atoms with van der Waals surface area (Å²) in [5, 5.41) is 9.92. The summed E-state index contributed by atoms with van der Waals surface area (Å²) in [4.78, 5) is 35.9. The number of aliphatic carboxylic acids is 1. The number of sulfone groups is 1. The zero-order valence-corrected chi connectivity index (χ0v) is 13.1. The van der Waals surface area contributed by atoms with E-state index in [0.29, 0.717) is 0 Å². The number of alkyl halides is 1. The summed E-state index contributed by atoms with van der Waals surface area (Å²) in [5.74, 6) is -3.36. The minimum absolute atomic E-state index is 0.0829. The van der Waals surface area contributed by atoms with Crippen molar-refractivity contribution in [2.75, 3.05) is 6.67 Å². The van der Waals surface area contributed by atoms with E-state index >= 15 is 0 Å². The van der Waals surface area contributed by atoms with Crippen LogP contribution in [0.1, 0.15) is 27.2 Å². The molecule has 124 valence electrons. The van der Waals surface area contributed by atoms with Gasteiger partial charge in [0.15, 0.2) is 27.4 Å². The molecule has 2 heterocycles. The third-order valence-electron chi connectivity index (χ3n) is 4.53. The van der Waals surface area contributed by atoms with Crippen LogP contribution in [0.2, 0.25) is 0 Å². The summed E-state index contributed by atoms with van der Waals surface area (Å²) in [6.45, 7) is 2.53. The number of halogens is 1. The van der Waals surface area contributed by atoms with Crippen molar-refractivity contribution in [3.05, 3.63) is 0 Å². The van der Waals surface area contributed by atoms with E-state index in [1.807, 2.05) is 0 Å². The quantitative estimate of drug-likeness (QED) is 0.639. The summed E-state index contributed by atoms with van der Waals surface area (Å²) in [6.07, 6.45) is -0.0829. The van der Waals surface area contributed by atoms with E-state index in [2.05, 4.69) is 5.32 Å². The van der Waals surface area contributed by atoms with E-state index in [1.165, 1.54) is 20.8 Å². The van der Waals surface area contributed by atoms with E-state index in [-0.39, 0.29) is 6.42 Å². The second kappa shape index (κ2) is 4.64. The van der Waals surface area contributed by atoms with E-state index in [1.54, 1.807) is 0 Å². The summed E-state index contributed by atoms with van der Waals surface area (Å²) in [5.41, 5.74) is -1.80. The lowest BCUT2D eigenvalue weighted by Gasteiger charge is -2.52. The predicted molar refractivity (Wildman–Crippen MR) is 72.2 cm³/mol. The monoisotopic (exact) mass is 336 g/mol. The average Bonchev–Trinajstić information content (AvgIpc) is 2.57. The Labute approximate surface area is 126 Å². The average molecular weight is 336 g/mol. The molecule has 0 aromatic rings. The lowest BCUT2D eigenvalue weighted by atomic mass is 9.82. The number of hydrogen-bond acceptors (Lipinski definition) is 5. The first-order valence-electron chi connectivity index (χ1n) is 6.65. The van der Waals surface area contributed by atoms with Gasteiger partial charge in [-0.05, 0) is 20.3 Å². The van der Waals surface area contributed by atoms with Crippen LogP contribution in [0.3, 0.4) is 0 Å². The second-order valence-corrected chi connectivity index (χ2v) is 8.55. The van der Waals surface area contributed by atoms with Crippen LogP contribution in [0, 0.1) is 0 Å². The molecule has 0 aromatic heterocycles. The SMILES string of the molecule is CC[C@@]1(NC(=O)CF)C(=O)N2[C@@H](C(=O)O)C(C)(C)S(=O)(=O)[C@@H]21. The van der Waals surface area contributed by atoms with Gasteiger partial charge in [-0.3, -0.25) is 9.59 Å². The number of carbonyl (C=O) groups excluding carboxylic acids is 2. The molecule has 0 aromatic carbocycles. The number of β-lactam (4-membered cyclic amide) rings is 1. The van der Waals surface area contributed by atoms with Crippen molar-refractivity contribution in [1.82, 2.24) is 10.2 Å². The fourth-order valence-electron chi connectivity index (χ4n) is 3.29. The third kappa shape index (κ3) is 1.67. The summed E-state index contributed by atoms with van der Waals surface area (Å²) < 4.78 is 36.1. The molecule has 2 aliphatic rings. The maximum Gasteiger partial charge on any atom is 0.328 e. The van der Waals surface area contributed by atoms with Crippen LogP contribution in [-0.4, -0.2) is 64.6 Å². The zero-order chi connectivity index (χ0) is 17.1. The predicted octanol–water partition coefficient (Wildman–Crippen LogP) is -0.951. The van der Waals surface area contributed by atoms with Gasteiger partial charge >= 0.3 is 5.97 Å². The molecule has 0 radical (unpaired) electrons. The van der Waals surface area contributed by atoms with Crippen molar-refractivity contribution in [2.24, 2.45) is 0 Å². The molecule has 2 saturated heterocycles. The first kappa shape index (κ1) is 16.7. The van der Waals surface area contributed by atoms with Crippen LogP contribution < -0.4 is 5.32 Å². The molecule has 0 aliphatic carbocycles. The van der Waals surface area contributed by atoms with Gasteiger partial charge in [-0.2, -0.15) is 0 Å². The maximum atomic E-state index is 12.7. The molecule has 22 heavy (non-hydrogen) atoms. The van der Waals surface area contributed by atoms with Gasteiger partial charge in [-0.15, -0.1) is 0 Å². The minimum Gasteiger partial charge on any atom is -0.480 e. The van der Waals surface area contributed by atoms with Crippen LogP contribution in [-0.2, 0) is 24.2 Å². The van der Waals surface area contributed by atoms with Crippen LogP contribution in [0.15, 0.2) is 0 Å². The Bertz CT molecular complexity index is 661. The highest BCUT2D eigenvalue weighted by molar-refractivity contribution is 7.94. The number of fused-ring (bicyclic) bond motifs is 1. The number of hydrogen-bond donors (Lipinski definition) is 2. The maximum absolute atomic E-state index is 12.7. The smallest absolute Gasteiger partial charge is 0.328 e. The number of carbonyl (C=O) groups is 3. The number of amides is 2. The van der Waals surface area contributed by atoms with E-state index < -0.39 is 56.0 Å². The van der Waals surface area contributed by atoms with Crippen molar-refractivity contribution >= 4 is 27.6 Å². The second-order valence-electron chi connectivity index (χ2n) is 5.96. The highest BCUT2D eigenvalue weighted by atomic mass is 32.2. The van der Waals surface area contributed by atoms with Crippen LogP contribution in [0.25, 0.3) is 0 Å². The van der Waals surface area contributed by atoms with Gasteiger partial charge in [0.1, 0.15) is 10.8 Å². The molecular weight excluding hydrogens is 319 g/mol. The Morgan fingerprint density at radius 3 is 2.36 bits per heavy atom. The van der Waals surface area contributed by atoms with Crippen molar-refractivity contribution in [3.63, 3.8) is 0 Å². The summed E-state index contributed by atoms with van der Waals surface area (Å²) in [7, 11) is -4.08. The van der Waals surface area contributed by atoms with Gasteiger partial charge in [0.05, 0.1) is 0 Å². The molecule has 10 heteroatoms. The van der Waals surface area contributed by atoms with Gasteiger partial charge in [-0.1, -0.05) is 6.92 Å². The molecule has 2 N–H and O–H groups in total. The van der Waals surface area contributed by atoms with Gasteiger partial charge in [0.25, 0.3) is 11.8 Å². The minimum atomic E-state index is -4.08. The van der Waals surface area contributed by atoms with Crippen LogP contribution >= 0.6 is 0 Å². The molecule has 2 amide bonds. The first-order valence-corrected chi connectivity index (χ1v) is 8.19. The molecule has 8 nitrogen and oxygen atoms in total. The Morgan fingerprint density at radius 1 is 1.41 bits per heavy atom. The molecule has 0 bridgehead atoms. The fraction of sp³-hybridized carbons (Fsp3) is 0.750. The number of nitrogens with zero attached hydrogens (tertiary/aromatic N) is 1. The van der Waals surface area contributed by atoms with Gasteiger partial charge in [0.2, 0.25) is 0 Å². The number of rotatable bonds is 4. The van der Waals surface area contributed by atoms with E-state index in [0.717, 1.165) is 4.90 Å². The lowest BCUT2D eigenvalue weighted by Crippen LogP contribution is -2.81. The van der Waals surface area contributed by atoms with E-state index in [9.17, 15) is 32.3 Å². The Balaban J connectivity index is 2.58. The van der Waals surface area contributed by atoms with Gasteiger partial charge in [-0.25, -0.2) is 17.6 Å². The van der Waals surface area contributed by atoms with Gasteiger partial charge < -0.3 is 15.3 Å². The highest BCUT2D eigenvalue weighted by Gasteiger charge is 2.78. The molecule has 2 fully saturated rings. The number of carboxylic acid groups (broad SMARTS) is 1. The molecule has 2 aliphatic heterocycles. The topological polar surface area (TPSA) is 121 Å². The van der Waals surface area contributed by atoms with E-state index in [4.69, 9.17) is 0 Å². The number of nitrogens with one attached hydrogen (secondary N) is 1. The molecular formula is C12H17FN2O6S. The van der Waals surface area contributed by atoms with Crippen molar-refractivity contribution in [3.8, 4) is 0 Å². The third-order valence-corrected chi connectivity index (χ3v) is 7.44. The fourth-order valence-corrected chi connectivity index (χ4v) is 5.76. The standard InChI is InChI=1S/C12H17FN2O6S/c1-4-12(14-6(16)5-13)9(19)15-7(8(17)18)11(2,3)22(20,21)10(12)15/h7,10H,4-5H2,1-3H3,(H,14,16)(H,17,18)/t7-,10+,12+/m0/s1. The Hall–Kier alpha value is -1.71. The molecule has 0 spiro atoms. The lowest BCUT2D eigenvalue weighted by molar-refractivity contribution is -0.169. The number of carboxylic acids is 1. The summed E-state index contributed by atoms with van der Waals surface area (Å²) in [6, 6.07) is -1.54. The summed E-state index contributed by atoms with van der Waals surface area (Å²) >= 11 is 0. The molecule has 2 rings (SSSR count).